The van der Waals surface area contributed by atoms with E-state index < -0.39 is 11.9 Å². The number of hydrogen-bond acceptors (Lipinski definition) is 5. The van der Waals surface area contributed by atoms with Crippen LogP contribution in [-0.4, -0.2) is 17.7 Å². The van der Waals surface area contributed by atoms with Gasteiger partial charge in [-0.2, -0.15) is 12.6 Å². The Morgan fingerprint density at radius 1 is 1.35 bits per heavy atom. The molecule has 4 nitrogen and oxygen atoms in total. The Balaban J connectivity index is 3.12. The fourth-order valence-electron chi connectivity index (χ4n) is 1.07. The predicted octanol–water partition coefficient (Wildman–Crippen LogP) is 1.48. The monoisotopic (exact) mass is 477 g/mol. The van der Waals surface area contributed by atoms with Crippen LogP contribution in [-0.2, 0) is 4.79 Å². The lowest BCUT2D eigenvalue weighted by Crippen LogP contribution is -2.24. The quantitative estimate of drug-likeness (QED) is 0.309. The first-order chi connectivity index (χ1) is 7.95. The summed E-state index contributed by atoms with van der Waals surface area (Å²) in [5, 5.41) is 10.9. The number of carbonyl (C=O) groups excluding carboxylic acids is 2. The van der Waals surface area contributed by atoms with E-state index in [9.17, 15) is 14.7 Å². The minimum Gasteiger partial charge on any atom is -0.545 e. The number of esters is 1. The Morgan fingerprint density at radius 2 is 2.00 bits per heavy atom. The molecular formula is C10H7I2O4S-. The number of carboxylic acids is 1. The topological polar surface area (TPSA) is 66.4 Å². The molecule has 0 aliphatic carbocycles. The molecule has 0 aliphatic heterocycles. The summed E-state index contributed by atoms with van der Waals surface area (Å²) in [6, 6.07) is 3.12. The highest BCUT2D eigenvalue weighted by Crippen LogP contribution is 2.28. The lowest BCUT2D eigenvalue weighted by molar-refractivity contribution is -0.255. The fraction of sp³-hybridized carbons (Fsp3) is 0.200. The summed E-state index contributed by atoms with van der Waals surface area (Å²) in [5.41, 5.74) is -0.117. The van der Waals surface area contributed by atoms with Crippen LogP contribution in [0, 0.1) is 7.14 Å². The van der Waals surface area contributed by atoms with E-state index in [4.69, 9.17) is 4.74 Å². The Bertz CT molecular complexity index is 462. The Kier molecular flexibility index (Phi) is 6.00. The molecule has 0 N–H and O–H groups in total. The first-order valence-corrected chi connectivity index (χ1v) is 7.26. The third kappa shape index (κ3) is 4.28. The Morgan fingerprint density at radius 3 is 2.53 bits per heavy atom. The zero-order valence-electron chi connectivity index (χ0n) is 8.41. The van der Waals surface area contributed by atoms with Gasteiger partial charge in [-0.15, -0.1) is 0 Å². The molecule has 17 heavy (non-hydrogen) atoms. The summed E-state index contributed by atoms with van der Waals surface area (Å²) >= 11 is 7.80. The van der Waals surface area contributed by atoms with Crippen molar-refractivity contribution < 1.29 is 19.4 Å². The largest absolute Gasteiger partial charge is 0.545 e. The van der Waals surface area contributed by atoms with Crippen LogP contribution < -0.4 is 9.84 Å². The van der Waals surface area contributed by atoms with Crippen LogP contribution in [0.5, 0.6) is 5.75 Å². The summed E-state index contributed by atoms with van der Waals surface area (Å²) in [6.07, 6.45) is 0.123. The maximum absolute atomic E-state index is 11.3. The van der Waals surface area contributed by atoms with Gasteiger partial charge in [0, 0.05) is 14.9 Å². The van der Waals surface area contributed by atoms with Crippen molar-refractivity contribution in [2.45, 2.75) is 6.42 Å². The zero-order valence-corrected chi connectivity index (χ0v) is 13.6. The second-order valence-corrected chi connectivity index (χ2v) is 5.85. The van der Waals surface area contributed by atoms with Crippen LogP contribution in [0.4, 0.5) is 0 Å². The smallest absolute Gasteiger partial charge is 0.312 e. The molecule has 0 unspecified atom stereocenters. The van der Waals surface area contributed by atoms with Crippen molar-refractivity contribution in [2.75, 3.05) is 5.75 Å². The van der Waals surface area contributed by atoms with Crippen LogP contribution in [0.1, 0.15) is 16.8 Å². The van der Waals surface area contributed by atoms with Crippen molar-refractivity contribution in [1.82, 2.24) is 0 Å². The standard InChI is InChI=1S/C10H8I2O4S/c11-5-3-6(10(14)15)9(7(12)4-5)16-8(13)1-2-17/h3-4,17H,1-2H2,(H,14,15)/p-1. The molecular weight excluding hydrogens is 470 g/mol. The van der Waals surface area contributed by atoms with Crippen LogP contribution in [0.25, 0.3) is 0 Å². The predicted molar refractivity (Wildman–Crippen MR) is 80.3 cm³/mol. The maximum atomic E-state index is 11.3. The van der Waals surface area contributed by atoms with Gasteiger partial charge < -0.3 is 14.6 Å². The molecule has 0 aliphatic rings. The van der Waals surface area contributed by atoms with Crippen molar-refractivity contribution in [3.8, 4) is 5.75 Å². The van der Waals surface area contributed by atoms with Crippen LogP contribution in [0.15, 0.2) is 12.1 Å². The SMILES string of the molecule is O=C(CCS)Oc1c(I)cc(I)cc1C(=O)[O-]. The number of benzene rings is 1. The molecule has 1 rings (SSSR count). The van der Waals surface area contributed by atoms with E-state index in [0.29, 0.717) is 9.32 Å². The molecule has 0 saturated heterocycles. The Hall–Kier alpha value is -0.0300. The molecule has 0 bridgehead atoms. The minimum absolute atomic E-state index is 0.0396. The van der Waals surface area contributed by atoms with Crippen LogP contribution >= 0.6 is 57.8 Å². The van der Waals surface area contributed by atoms with Gasteiger partial charge >= 0.3 is 5.97 Å². The summed E-state index contributed by atoms with van der Waals surface area (Å²) < 4.78 is 6.31. The van der Waals surface area contributed by atoms with Crippen molar-refractivity contribution >= 4 is 69.7 Å². The molecule has 0 aromatic heterocycles. The van der Waals surface area contributed by atoms with Gasteiger partial charge in [0.15, 0.2) is 5.75 Å². The number of thiol groups is 1. The van der Waals surface area contributed by atoms with Crippen molar-refractivity contribution in [3.63, 3.8) is 0 Å². The summed E-state index contributed by atoms with van der Waals surface area (Å²) in [6.45, 7) is 0. The minimum atomic E-state index is -1.37. The molecule has 0 radical (unpaired) electrons. The van der Waals surface area contributed by atoms with Gasteiger partial charge in [-0.25, -0.2) is 0 Å². The number of halogens is 2. The molecule has 0 heterocycles. The average Bonchev–Trinajstić information content (AvgIpc) is 2.21. The summed E-state index contributed by atoms with van der Waals surface area (Å²) in [5.74, 6) is -1.49. The third-order valence-electron chi connectivity index (χ3n) is 1.76. The van der Waals surface area contributed by atoms with Gasteiger partial charge in [0.05, 0.1) is 16.0 Å². The molecule has 0 amide bonds. The molecule has 0 spiro atoms. The molecule has 1 aromatic carbocycles. The number of hydrogen-bond donors (Lipinski definition) is 1. The number of aromatic carboxylic acids is 1. The summed E-state index contributed by atoms with van der Waals surface area (Å²) in [4.78, 5) is 22.3. The number of ether oxygens (including phenoxy) is 1. The van der Waals surface area contributed by atoms with Gasteiger partial charge in [0.2, 0.25) is 0 Å². The molecule has 0 saturated carbocycles. The van der Waals surface area contributed by atoms with E-state index in [1.807, 2.05) is 45.2 Å². The highest BCUT2D eigenvalue weighted by atomic mass is 127. The van der Waals surface area contributed by atoms with E-state index in [2.05, 4.69) is 12.6 Å². The highest BCUT2D eigenvalue weighted by molar-refractivity contribution is 14.1. The van der Waals surface area contributed by atoms with E-state index >= 15 is 0 Å². The van der Waals surface area contributed by atoms with Crippen LogP contribution in [0.3, 0.4) is 0 Å². The molecule has 0 atom stereocenters. The van der Waals surface area contributed by atoms with Crippen molar-refractivity contribution in [1.29, 1.82) is 0 Å². The van der Waals surface area contributed by atoms with Crippen molar-refractivity contribution in [3.05, 3.63) is 24.8 Å². The zero-order chi connectivity index (χ0) is 13.0. The highest BCUT2D eigenvalue weighted by Gasteiger charge is 2.14. The number of carboxylic acid groups (broad SMARTS) is 1. The second kappa shape index (κ2) is 6.78. The number of rotatable bonds is 4. The van der Waals surface area contributed by atoms with E-state index in [1.54, 1.807) is 6.07 Å². The normalized spacial score (nSPS) is 10.1. The molecule has 92 valence electrons. The summed E-state index contributed by atoms with van der Waals surface area (Å²) in [7, 11) is 0. The van der Waals surface area contributed by atoms with Gasteiger partial charge in [0.1, 0.15) is 0 Å². The molecule has 1 aromatic rings. The molecule has 7 heteroatoms. The van der Waals surface area contributed by atoms with Gasteiger partial charge in [0.25, 0.3) is 0 Å². The maximum Gasteiger partial charge on any atom is 0.312 e. The Labute approximate surface area is 131 Å². The van der Waals surface area contributed by atoms with Crippen LogP contribution in [0.2, 0.25) is 0 Å². The van der Waals surface area contributed by atoms with Gasteiger partial charge in [-0.05, 0) is 57.3 Å². The van der Waals surface area contributed by atoms with Gasteiger partial charge in [-0.3, -0.25) is 4.79 Å². The van der Waals surface area contributed by atoms with Crippen molar-refractivity contribution in [2.24, 2.45) is 0 Å². The molecule has 0 fully saturated rings. The first kappa shape index (κ1) is 15.0. The number of carbonyl (C=O) groups is 2. The lowest BCUT2D eigenvalue weighted by Gasteiger charge is -2.13. The van der Waals surface area contributed by atoms with E-state index in [0.717, 1.165) is 3.57 Å². The van der Waals surface area contributed by atoms with Gasteiger partial charge in [-0.1, -0.05) is 0 Å². The lowest BCUT2D eigenvalue weighted by atomic mass is 10.2. The van der Waals surface area contributed by atoms with E-state index in [1.165, 1.54) is 6.07 Å². The second-order valence-electron chi connectivity index (χ2n) is 3.00. The fourth-order valence-corrected chi connectivity index (χ4v) is 3.21. The third-order valence-corrected chi connectivity index (χ3v) is 3.41. The average molecular weight is 477 g/mol. The first-order valence-electron chi connectivity index (χ1n) is 4.47. The van der Waals surface area contributed by atoms with E-state index in [-0.39, 0.29) is 17.7 Å².